The Kier molecular flexibility index (Phi) is 3.17. The molecule has 0 bridgehead atoms. The molecule has 0 atom stereocenters. The summed E-state index contributed by atoms with van der Waals surface area (Å²) in [4.78, 5) is 13.1. The van der Waals surface area contributed by atoms with Gasteiger partial charge in [0.2, 0.25) is 11.7 Å². The third-order valence-electron chi connectivity index (χ3n) is 4.53. The summed E-state index contributed by atoms with van der Waals surface area (Å²) in [6.07, 6.45) is 9.47. The van der Waals surface area contributed by atoms with Crippen LogP contribution >= 0.6 is 0 Å². The molecule has 25 heavy (non-hydrogen) atoms. The molecule has 4 aromatic heterocycles. The molecule has 8 heteroatoms. The molecule has 126 valence electrons. The van der Waals surface area contributed by atoms with E-state index in [9.17, 15) is 0 Å². The van der Waals surface area contributed by atoms with Crippen LogP contribution in [0.1, 0.15) is 5.69 Å². The largest absolute Gasteiger partial charge is 0.381 e. The summed E-state index contributed by atoms with van der Waals surface area (Å²) in [5.41, 5.74) is 4.04. The Labute approximate surface area is 143 Å². The van der Waals surface area contributed by atoms with Crippen molar-refractivity contribution in [2.45, 2.75) is 6.92 Å². The van der Waals surface area contributed by atoms with Gasteiger partial charge in [-0.1, -0.05) is 0 Å². The molecule has 1 aliphatic rings. The van der Waals surface area contributed by atoms with Crippen LogP contribution in [0, 0.1) is 12.8 Å². The van der Waals surface area contributed by atoms with Crippen LogP contribution in [-0.4, -0.2) is 48.7 Å². The summed E-state index contributed by atoms with van der Waals surface area (Å²) in [7, 11) is 0. The molecule has 8 nitrogen and oxygen atoms in total. The van der Waals surface area contributed by atoms with E-state index in [4.69, 9.17) is 4.74 Å². The number of ether oxygens (including phenoxy) is 1. The first kappa shape index (κ1) is 14.4. The lowest BCUT2D eigenvalue weighted by Crippen LogP contribution is -2.33. The van der Waals surface area contributed by atoms with Crippen molar-refractivity contribution in [3.63, 3.8) is 0 Å². The second-order valence-electron chi connectivity index (χ2n) is 6.34. The number of fused-ring (bicyclic) bond motifs is 2. The number of aryl methyl sites for hydroxylation is 1. The normalized spacial score (nSPS) is 14.9. The number of nitrogens with zero attached hydrogens (tertiary/aromatic N) is 6. The van der Waals surface area contributed by atoms with Gasteiger partial charge in [0.15, 0.2) is 0 Å². The van der Waals surface area contributed by atoms with E-state index in [2.05, 4.69) is 25.4 Å². The van der Waals surface area contributed by atoms with E-state index in [0.717, 1.165) is 42.1 Å². The molecule has 0 spiro atoms. The van der Waals surface area contributed by atoms with Gasteiger partial charge in [-0.15, -0.1) is 5.10 Å². The first-order valence-electron chi connectivity index (χ1n) is 8.24. The number of anilines is 1. The van der Waals surface area contributed by atoms with Gasteiger partial charge in [-0.3, -0.25) is 4.40 Å². The number of nitrogens with one attached hydrogen (secondary N) is 1. The molecule has 0 unspecified atom stereocenters. The maximum Gasteiger partial charge on any atom is 0.241 e. The first-order valence-corrected chi connectivity index (χ1v) is 8.24. The lowest BCUT2D eigenvalue weighted by molar-refractivity contribution is -0.0249. The zero-order chi connectivity index (χ0) is 16.8. The first-order chi connectivity index (χ1) is 12.3. The highest BCUT2D eigenvalue weighted by molar-refractivity contribution is 5.79. The van der Waals surface area contributed by atoms with Gasteiger partial charge in [0.05, 0.1) is 31.1 Å². The van der Waals surface area contributed by atoms with Crippen LogP contribution < -0.4 is 5.32 Å². The minimum Gasteiger partial charge on any atom is -0.381 e. The molecule has 1 aliphatic heterocycles. The zero-order valence-electron chi connectivity index (χ0n) is 13.8. The number of hydrogen-bond acceptors (Lipinski definition) is 6. The summed E-state index contributed by atoms with van der Waals surface area (Å²) in [5, 5.41) is 7.80. The molecule has 0 aromatic carbocycles. The van der Waals surface area contributed by atoms with E-state index < -0.39 is 0 Å². The van der Waals surface area contributed by atoms with Crippen molar-refractivity contribution >= 4 is 17.2 Å². The Hall–Kier alpha value is -3.00. The molecule has 0 aliphatic carbocycles. The Morgan fingerprint density at radius 2 is 2.08 bits per heavy atom. The SMILES string of the molecule is Cc1cnc2ncc(-c3ccn4nc(NCC5COC5)ncc34)cn12. The molecule has 0 saturated carbocycles. The molecule has 1 saturated heterocycles. The Morgan fingerprint density at radius 3 is 2.92 bits per heavy atom. The molecule has 5 heterocycles. The quantitative estimate of drug-likeness (QED) is 0.612. The minimum absolute atomic E-state index is 0.552. The van der Waals surface area contributed by atoms with Crippen LogP contribution in [0.4, 0.5) is 5.95 Å². The van der Waals surface area contributed by atoms with Gasteiger partial charge >= 0.3 is 0 Å². The van der Waals surface area contributed by atoms with Gasteiger partial charge in [0.1, 0.15) is 0 Å². The smallest absolute Gasteiger partial charge is 0.241 e. The molecule has 5 rings (SSSR count). The highest BCUT2D eigenvalue weighted by atomic mass is 16.5. The van der Waals surface area contributed by atoms with Crippen LogP contribution in [0.3, 0.4) is 0 Å². The zero-order valence-corrected chi connectivity index (χ0v) is 13.8. The van der Waals surface area contributed by atoms with Crippen LogP contribution in [0.5, 0.6) is 0 Å². The molecule has 1 N–H and O–H groups in total. The molecule has 4 aromatic rings. The van der Waals surface area contributed by atoms with Gasteiger partial charge in [0, 0.05) is 47.9 Å². The van der Waals surface area contributed by atoms with Gasteiger partial charge < -0.3 is 10.1 Å². The predicted octanol–water partition coefficient (Wildman–Crippen LogP) is 1.81. The van der Waals surface area contributed by atoms with Gasteiger partial charge in [-0.2, -0.15) is 0 Å². The van der Waals surface area contributed by atoms with Crippen molar-refractivity contribution in [3.8, 4) is 11.1 Å². The Bertz CT molecular complexity index is 1060. The fourth-order valence-electron chi connectivity index (χ4n) is 2.99. The fraction of sp³-hybridized carbons (Fsp3) is 0.294. The number of rotatable bonds is 4. The van der Waals surface area contributed by atoms with Crippen LogP contribution in [0.25, 0.3) is 22.4 Å². The minimum atomic E-state index is 0.552. The maximum absolute atomic E-state index is 5.18. The van der Waals surface area contributed by atoms with Crippen molar-refractivity contribution in [2.24, 2.45) is 5.92 Å². The van der Waals surface area contributed by atoms with Crippen molar-refractivity contribution in [1.82, 2.24) is 29.0 Å². The molecule has 0 amide bonds. The van der Waals surface area contributed by atoms with E-state index in [0.29, 0.717) is 17.6 Å². The van der Waals surface area contributed by atoms with Gasteiger partial charge in [-0.05, 0) is 13.0 Å². The fourth-order valence-corrected chi connectivity index (χ4v) is 2.99. The van der Waals surface area contributed by atoms with Crippen molar-refractivity contribution in [2.75, 3.05) is 25.1 Å². The van der Waals surface area contributed by atoms with Crippen molar-refractivity contribution < 1.29 is 4.74 Å². The van der Waals surface area contributed by atoms with Crippen LogP contribution in [0.2, 0.25) is 0 Å². The predicted molar refractivity (Wildman–Crippen MR) is 92.5 cm³/mol. The third kappa shape index (κ3) is 2.42. The van der Waals surface area contributed by atoms with E-state index in [1.165, 1.54) is 0 Å². The van der Waals surface area contributed by atoms with E-state index in [1.54, 1.807) is 0 Å². The van der Waals surface area contributed by atoms with E-state index >= 15 is 0 Å². The number of imidazole rings is 1. The second kappa shape index (κ2) is 5.52. The highest BCUT2D eigenvalue weighted by Crippen LogP contribution is 2.25. The average molecular weight is 335 g/mol. The molecular formula is C17H17N7O. The molecule has 0 radical (unpaired) electrons. The third-order valence-corrected chi connectivity index (χ3v) is 4.53. The number of aromatic nitrogens is 6. The standard InChI is InChI=1S/C17H17N7O/c1-11-4-20-17-21-6-13(8-23(11)17)14-2-3-24-15(14)7-19-16(22-24)18-5-12-9-25-10-12/h2-4,6-8,12H,5,9-10H2,1H3,(H,18,22). The monoisotopic (exact) mass is 335 g/mol. The van der Waals surface area contributed by atoms with Gasteiger partial charge in [-0.25, -0.2) is 19.5 Å². The van der Waals surface area contributed by atoms with Crippen molar-refractivity contribution in [3.05, 3.63) is 42.7 Å². The number of hydrogen-bond donors (Lipinski definition) is 1. The highest BCUT2D eigenvalue weighted by Gasteiger charge is 2.18. The van der Waals surface area contributed by atoms with E-state index in [-0.39, 0.29) is 0 Å². The Balaban J connectivity index is 1.49. The summed E-state index contributed by atoms with van der Waals surface area (Å²) in [6.45, 7) is 4.47. The summed E-state index contributed by atoms with van der Waals surface area (Å²) in [5.74, 6) is 1.88. The summed E-state index contributed by atoms with van der Waals surface area (Å²) < 4.78 is 9.00. The maximum atomic E-state index is 5.18. The van der Waals surface area contributed by atoms with Crippen LogP contribution in [-0.2, 0) is 4.74 Å². The summed E-state index contributed by atoms with van der Waals surface area (Å²) in [6, 6.07) is 2.03. The second-order valence-corrected chi connectivity index (χ2v) is 6.34. The molecular weight excluding hydrogens is 318 g/mol. The molecule has 1 fully saturated rings. The summed E-state index contributed by atoms with van der Waals surface area (Å²) >= 11 is 0. The van der Waals surface area contributed by atoms with Crippen molar-refractivity contribution in [1.29, 1.82) is 0 Å². The average Bonchev–Trinajstić information content (AvgIpc) is 3.17. The van der Waals surface area contributed by atoms with E-state index in [1.807, 2.05) is 52.9 Å². The lowest BCUT2D eigenvalue weighted by Gasteiger charge is -2.25. The topological polar surface area (TPSA) is 81.6 Å². The van der Waals surface area contributed by atoms with Crippen LogP contribution in [0.15, 0.2) is 37.1 Å². The van der Waals surface area contributed by atoms with Gasteiger partial charge in [0.25, 0.3) is 0 Å². The lowest BCUT2D eigenvalue weighted by atomic mass is 10.1. The Morgan fingerprint density at radius 1 is 1.20 bits per heavy atom.